The van der Waals surface area contributed by atoms with E-state index in [9.17, 15) is 39.5 Å². The van der Waals surface area contributed by atoms with Gasteiger partial charge in [-0.3, -0.25) is 0 Å². The molecule has 0 saturated carbocycles. The molecular formula is C27H57F9N3O4P. The first-order chi connectivity index (χ1) is 19.7. The van der Waals surface area contributed by atoms with Gasteiger partial charge in [0.1, 0.15) is 0 Å². The largest absolute Gasteiger partial charge is 0.822 e. The number of rotatable bonds is 15. The molecule has 0 N–H and O–H groups in total. The van der Waals surface area contributed by atoms with E-state index in [-0.39, 0.29) is 19.6 Å². The van der Waals surface area contributed by atoms with Gasteiger partial charge < -0.3 is 32.7 Å². The minimum Gasteiger partial charge on any atom is -0.822 e. The van der Waals surface area contributed by atoms with Crippen molar-refractivity contribution in [1.29, 1.82) is 0 Å². The Labute approximate surface area is 259 Å². The number of hydrogen-bond donors (Lipinski definition) is 0. The molecule has 0 saturated heterocycles. The predicted molar refractivity (Wildman–Crippen MR) is 150 cm³/mol. The van der Waals surface area contributed by atoms with Crippen molar-refractivity contribution in [2.24, 2.45) is 0 Å². The summed E-state index contributed by atoms with van der Waals surface area (Å²) in [6.07, 6.45) is -14.0. The molecule has 0 aromatic heterocycles. The lowest BCUT2D eigenvalue weighted by Gasteiger charge is -2.36. The Kier molecular flexibility index (Phi) is 26.0. The standard InChI is InChI=1S/3C9H19F3N.H3O4P/c3*1-4-13(5-2,6-3)8-7-9(10,11)12;1-5(2,3)4/h3*4-8H2,1-3H3;(H3,1,2,3,4)/q3*+1;/p-3. The molecule has 7 nitrogen and oxygen atoms in total. The molecule has 0 aliphatic rings. The Hall–Kier alpha value is -0.640. The van der Waals surface area contributed by atoms with Gasteiger partial charge in [0.25, 0.3) is 0 Å². The van der Waals surface area contributed by atoms with Crippen LogP contribution in [0.3, 0.4) is 0 Å². The van der Waals surface area contributed by atoms with Crippen molar-refractivity contribution < 1.29 is 72.2 Å². The van der Waals surface area contributed by atoms with Crippen LogP contribution in [0.2, 0.25) is 0 Å². The molecule has 0 bridgehead atoms. The zero-order valence-corrected chi connectivity index (χ0v) is 28.8. The monoisotopic (exact) mass is 689 g/mol. The lowest BCUT2D eigenvalue weighted by atomic mass is 10.3. The van der Waals surface area contributed by atoms with E-state index in [0.29, 0.717) is 13.4 Å². The molecule has 17 heteroatoms. The fraction of sp³-hybridized carbons (Fsp3) is 1.00. The number of halogens is 9. The summed E-state index contributed by atoms with van der Waals surface area (Å²) in [5.41, 5.74) is 0. The summed E-state index contributed by atoms with van der Waals surface area (Å²) in [6, 6.07) is 0. The van der Waals surface area contributed by atoms with Crippen molar-refractivity contribution in [3.8, 4) is 0 Å². The van der Waals surface area contributed by atoms with Crippen LogP contribution in [-0.2, 0) is 4.57 Å². The zero-order valence-electron chi connectivity index (χ0n) is 27.9. The van der Waals surface area contributed by atoms with E-state index in [1.807, 2.05) is 62.3 Å². The molecule has 0 atom stereocenters. The van der Waals surface area contributed by atoms with Crippen molar-refractivity contribution in [3.63, 3.8) is 0 Å². The Balaban J connectivity index is -0.000000253. The van der Waals surface area contributed by atoms with Gasteiger partial charge in [-0.25, -0.2) is 0 Å². The van der Waals surface area contributed by atoms with E-state index in [1.165, 1.54) is 0 Å². The molecule has 0 fully saturated rings. The molecule has 0 aromatic rings. The maximum Gasteiger partial charge on any atom is 0.394 e. The zero-order chi connectivity index (χ0) is 36.1. The molecule has 0 aromatic carbocycles. The molecule has 0 unspecified atom stereocenters. The van der Waals surface area contributed by atoms with Gasteiger partial charge in [-0.1, -0.05) is 0 Å². The van der Waals surface area contributed by atoms with Crippen LogP contribution in [0.15, 0.2) is 0 Å². The smallest absolute Gasteiger partial charge is 0.394 e. The number of alkyl halides is 9. The first-order valence-electron chi connectivity index (χ1n) is 15.2. The predicted octanol–water partition coefficient (Wildman–Crippen LogP) is 5.62. The minimum absolute atomic E-state index is 0.215. The summed E-state index contributed by atoms with van der Waals surface area (Å²) >= 11 is 0. The molecule has 0 aliphatic heterocycles. The molecular weight excluding hydrogens is 632 g/mol. The van der Waals surface area contributed by atoms with Gasteiger partial charge in [0.2, 0.25) is 0 Å². The van der Waals surface area contributed by atoms with E-state index in [2.05, 4.69) is 0 Å². The third kappa shape index (κ3) is 30.0. The molecule has 0 aliphatic carbocycles. The number of phosphoric acid groups is 1. The highest BCUT2D eigenvalue weighted by atomic mass is 31.2. The van der Waals surface area contributed by atoms with Crippen LogP contribution in [0.5, 0.6) is 0 Å². The van der Waals surface area contributed by atoms with Gasteiger partial charge in [-0.2, -0.15) is 47.3 Å². The number of hydrogen-bond acceptors (Lipinski definition) is 4. The van der Waals surface area contributed by atoms with Crippen molar-refractivity contribution in [3.05, 3.63) is 0 Å². The fourth-order valence-corrected chi connectivity index (χ4v) is 4.53. The molecule has 0 radical (unpaired) electrons. The number of nitrogens with zero attached hydrogens (tertiary/aromatic N) is 3. The second-order valence-electron chi connectivity index (χ2n) is 10.6. The molecule has 44 heavy (non-hydrogen) atoms. The normalized spacial score (nSPS) is 13.2. The summed E-state index contributed by atoms with van der Waals surface area (Å²) in [4.78, 5) is 25.6. The summed E-state index contributed by atoms with van der Waals surface area (Å²) < 4.78 is 118. The minimum atomic E-state index is -5.39. The van der Waals surface area contributed by atoms with Crippen LogP contribution in [0, 0.1) is 0 Å². The Morgan fingerprint density at radius 1 is 0.409 bits per heavy atom. The quantitative estimate of drug-likeness (QED) is 0.127. The Morgan fingerprint density at radius 2 is 0.523 bits per heavy atom. The first kappa shape index (κ1) is 50.2. The van der Waals surface area contributed by atoms with Gasteiger partial charge in [-0.05, 0) is 62.3 Å². The third-order valence-electron chi connectivity index (χ3n) is 8.65. The Morgan fingerprint density at radius 3 is 0.591 bits per heavy atom. The third-order valence-corrected chi connectivity index (χ3v) is 8.65. The van der Waals surface area contributed by atoms with Gasteiger partial charge in [0, 0.05) is 0 Å². The van der Waals surface area contributed by atoms with Crippen molar-refractivity contribution in [2.45, 2.75) is 100 Å². The van der Waals surface area contributed by atoms with Crippen LogP contribution in [0.4, 0.5) is 39.5 Å². The van der Waals surface area contributed by atoms with Gasteiger partial charge in [0.05, 0.1) is 97.8 Å². The lowest BCUT2D eigenvalue weighted by molar-refractivity contribution is -0.924. The molecule has 0 heterocycles. The second kappa shape index (κ2) is 22.8. The summed E-state index contributed by atoms with van der Waals surface area (Å²) in [7, 11) is -5.39. The molecule has 0 spiro atoms. The van der Waals surface area contributed by atoms with Gasteiger partial charge in [-0.15, -0.1) is 0 Å². The topological polar surface area (TPSA) is 86.2 Å². The van der Waals surface area contributed by atoms with Crippen molar-refractivity contribution >= 4 is 7.82 Å². The summed E-state index contributed by atoms with van der Waals surface area (Å²) in [5, 5.41) is 0. The van der Waals surface area contributed by atoms with E-state index in [4.69, 9.17) is 19.2 Å². The van der Waals surface area contributed by atoms with Crippen molar-refractivity contribution in [1.82, 2.24) is 0 Å². The SMILES string of the molecule is CC[N+](CC)(CC)CCC(F)(F)F.CC[N+](CC)(CC)CCC(F)(F)F.CC[N+](CC)(CC)CCC(F)(F)F.O=P([O-])([O-])[O-]. The fourth-order valence-electron chi connectivity index (χ4n) is 4.53. The first-order valence-corrected chi connectivity index (χ1v) is 16.6. The average molecular weight is 690 g/mol. The van der Waals surface area contributed by atoms with E-state index in [0.717, 1.165) is 58.9 Å². The van der Waals surface area contributed by atoms with E-state index in [1.54, 1.807) is 0 Å². The molecule has 0 amide bonds. The molecule has 0 rings (SSSR count). The van der Waals surface area contributed by atoms with Crippen LogP contribution in [0.25, 0.3) is 0 Å². The van der Waals surface area contributed by atoms with Crippen LogP contribution >= 0.6 is 7.82 Å². The average Bonchev–Trinajstić information content (AvgIpc) is 2.90. The van der Waals surface area contributed by atoms with Gasteiger partial charge >= 0.3 is 18.5 Å². The number of quaternary nitrogens is 3. The summed E-state index contributed by atoms with van der Waals surface area (Å²) in [6.45, 7) is 25.2. The van der Waals surface area contributed by atoms with E-state index < -0.39 is 45.6 Å². The Bertz CT molecular complexity index is 622. The second-order valence-corrected chi connectivity index (χ2v) is 11.5. The molecule has 272 valence electrons. The van der Waals surface area contributed by atoms with Crippen LogP contribution < -0.4 is 14.7 Å². The van der Waals surface area contributed by atoms with Crippen molar-refractivity contribution in [2.75, 3.05) is 78.5 Å². The highest BCUT2D eigenvalue weighted by molar-refractivity contribution is 7.40. The summed E-state index contributed by atoms with van der Waals surface area (Å²) in [5.74, 6) is 0. The van der Waals surface area contributed by atoms with Crippen LogP contribution in [0.1, 0.15) is 81.6 Å². The lowest BCUT2D eigenvalue weighted by Crippen LogP contribution is -2.49. The highest BCUT2D eigenvalue weighted by Crippen LogP contribution is 2.24. The highest BCUT2D eigenvalue weighted by Gasteiger charge is 2.34. The van der Waals surface area contributed by atoms with E-state index >= 15 is 0 Å². The maximum atomic E-state index is 12.0. The van der Waals surface area contributed by atoms with Crippen LogP contribution in [-0.4, -0.2) is 111 Å². The maximum absolute atomic E-state index is 12.0. The van der Waals surface area contributed by atoms with Gasteiger partial charge in [0.15, 0.2) is 0 Å².